The lowest BCUT2D eigenvalue weighted by Gasteiger charge is -2.18. The van der Waals surface area contributed by atoms with E-state index in [4.69, 9.17) is 23.6 Å². The van der Waals surface area contributed by atoms with Crippen LogP contribution in [0.2, 0.25) is 0 Å². The SMILES string of the molecule is [2H]c1c([2H])c([2H])c(-c2c3c([2H])c([2H])c([2H])c([2H])c3c(-c3c([2H])c([2H])c(-c4c([2H])c([2H])c(C)c5oc6c([2H])c7c([2H])c([2H])c([2H])c([2H])c7c([2H])c6c45)c([2H])c3[2H])c3c([2H])c(C)c([2H])c([2H])c23)c([2H])c1[2H]. The molecular formula is C44H30O. The third kappa shape index (κ3) is 4.01. The minimum atomic E-state index is -0.964. The summed E-state index contributed by atoms with van der Waals surface area (Å²) in [6.07, 6.45) is 0. The number of hydrogen-bond acceptors (Lipinski definition) is 1. The van der Waals surface area contributed by atoms with Crippen LogP contribution in [0.15, 0.2) is 149 Å². The number of rotatable bonds is 3. The summed E-state index contributed by atoms with van der Waals surface area (Å²) < 4.78 is 222. The largest absolute Gasteiger partial charge is 0.456 e. The van der Waals surface area contributed by atoms with Gasteiger partial charge in [-0.3, -0.25) is 0 Å². The standard InChI is InChI=1S/C44H30O/c1-27-16-22-37-38(24-27)42(36-15-9-8-14-35(36)41(37)30-10-4-3-5-11-30)31-20-18-29(19-21-31)34-23-17-28(2)44-43(34)39-25-32-12-6-7-13-33(32)26-40(39)45-44/h3-26H,1-2H3/i3D,4D,5D,6D,7D,8D,9D,10D,11D,12D,13D,14D,15D,16D,17D,18D,19D,20D,21D,22D,23D,24D,25D,26D. The first-order chi connectivity index (χ1) is 32.2. The van der Waals surface area contributed by atoms with Gasteiger partial charge in [0.25, 0.3) is 0 Å². The quantitative estimate of drug-likeness (QED) is 0.184. The maximum absolute atomic E-state index is 9.66. The fourth-order valence-corrected chi connectivity index (χ4v) is 5.59. The van der Waals surface area contributed by atoms with Gasteiger partial charge in [-0.1, -0.05) is 138 Å². The van der Waals surface area contributed by atoms with Gasteiger partial charge in [0.15, 0.2) is 0 Å². The van der Waals surface area contributed by atoms with Crippen molar-refractivity contribution in [3.8, 4) is 33.4 Å². The van der Waals surface area contributed by atoms with Crippen molar-refractivity contribution in [3.63, 3.8) is 0 Å². The fourth-order valence-electron chi connectivity index (χ4n) is 5.59. The van der Waals surface area contributed by atoms with Crippen LogP contribution in [-0.4, -0.2) is 0 Å². The molecule has 0 N–H and O–H groups in total. The van der Waals surface area contributed by atoms with E-state index in [-0.39, 0.29) is 32.9 Å². The van der Waals surface area contributed by atoms with E-state index in [1.54, 1.807) is 0 Å². The van der Waals surface area contributed by atoms with E-state index < -0.39 is 211 Å². The molecule has 1 aromatic heterocycles. The molecule has 0 atom stereocenters. The maximum atomic E-state index is 9.66. The van der Waals surface area contributed by atoms with Crippen LogP contribution in [0.3, 0.4) is 0 Å². The predicted molar refractivity (Wildman–Crippen MR) is 192 cm³/mol. The van der Waals surface area contributed by atoms with Gasteiger partial charge < -0.3 is 4.42 Å². The van der Waals surface area contributed by atoms with E-state index in [2.05, 4.69) is 0 Å². The highest BCUT2D eigenvalue weighted by Crippen LogP contribution is 2.45. The summed E-state index contributed by atoms with van der Waals surface area (Å²) in [7, 11) is 0. The lowest BCUT2D eigenvalue weighted by Crippen LogP contribution is -1.91. The molecule has 0 fully saturated rings. The summed E-state index contributed by atoms with van der Waals surface area (Å²) in [4.78, 5) is 0. The molecule has 0 aliphatic rings. The van der Waals surface area contributed by atoms with Crippen LogP contribution in [0.1, 0.15) is 44.0 Å². The highest BCUT2D eigenvalue weighted by atomic mass is 16.3. The zero-order valence-corrected chi connectivity index (χ0v) is 23.4. The summed E-state index contributed by atoms with van der Waals surface area (Å²) in [6.45, 7) is 2.66. The summed E-state index contributed by atoms with van der Waals surface area (Å²) in [5.41, 5.74) is -4.53. The monoisotopic (exact) mass is 598 g/mol. The molecule has 0 amide bonds. The molecule has 0 spiro atoms. The second kappa shape index (κ2) is 9.94. The second-order valence-corrected chi connectivity index (χ2v) is 10.3. The third-order valence-corrected chi connectivity index (χ3v) is 7.55. The van der Waals surface area contributed by atoms with E-state index in [9.17, 15) is 13.7 Å². The maximum Gasteiger partial charge on any atom is 0.138 e. The van der Waals surface area contributed by atoms with Gasteiger partial charge in [-0.05, 0) is 97.2 Å². The van der Waals surface area contributed by atoms with Crippen LogP contribution in [0, 0.1) is 13.8 Å². The Morgan fingerprint density at radius 2 is 1.07 bits per heavy atom. The van der Waals surface area contributed by atoms with Crippen molar-refractivity contribution in [1.82, 2.24) is 0 Å². The van der Waals surface area contributed by atoms with E-state index >= 15 is 0 Å². The summed E-state index contributed by atoms with van der Waals surface area (Å²) in [5.74, 6) is 0. The lowest BCUT2D eigenvalue weighted by molar-refractivity contribution is 0.666. The zero-order valence-electron chi connectivity index (χ0n) is 47.4. The van der Waals surface area contributed by atoms with Gasteiger partial charge in [0.1, 0.15) is 11.2 Å². The Morgan fingerprint density at radius 1 is 0.467 bits per heavy atom. The van der Waals surface area contributed by atoms with Crippen molar-refractivity contribution in [3.05, 3.63) is 156 Å². The number of fused-ring (bicyclic) bond motifs is 6. The Kier molecular flexibility index (Phi) is 2.51. The van der Waals surface area contributed by atoms with Crippen molar-refractivity contribution < 1.29 is 37.3 Å². The smallest absolute Gasteiger partial charge is 0.138 e. The molecule has 0 aliphatic carbocycles. The Bertz CT molecular complexity index is 3830. The Labute approximate surface area is 295 Å². The van der Waals surface area contributed by atoms with Gasteiger partial charge in [0, 0.05) is 10.8 Å². The number of furan rings is 1. The summed E-state index contributed by atoms with van der Waals surface area (Å²) in [5, 5.41) is -3.57. The van der Waals surface area contributed by atoms with Crippen LogP contribution < -0.4 is 0 Å². The predicted octanol–water partition coefficient (Wildman–Crippen LogP) is 12.7. The van der Waals surface area contributed by atoms with Crippen LogP contribution in [0.25, 0.3) is 87.6 Å². The van der Waals surface area contributed by atoms with Crippen molar-refractivity contribution in [2.45, 2.75) is 13.8 Å². The molecule has 0 aliphatic heterocycles. The molecule has 0 saturated heterocycles. The molecule has 1 heteroatoms. The van der Waals surface area contributed by atoms with Crippen molar-refractivity contribution in [1.29, 1.82) is 0 Å². The van der Waals surface area contributed by atoms with E-state index in [0.29, 0.717) is 0 Å². The van der Waals surface area contributed by atoms with Gasteiger partial charge >= 0.3 is 0 Å². The van der Waals surface area contributed by atoms with Gasteiger partial charge in [0.2, 0.25) is 0 Å². The molecule has 45 heavy (non-hydrogen) atoms. The molecule has 0 unspecified atom stereocenters. The van der Waals surface area contributed by atoms with Gasteiger partial charge in [-0.2, -0.15) is 0 Å². The molecule has 1 heterocycles. The topological polar surface area (TPSA) is 13.1 Å². The fraction of sp³-hybridized carbons (Fsp3) is 0.0455. The Balaban J connectivity index is 1.53. The first kappa shape index (κ1) is 11.4. The first-order valence-electron chi connectivity index (χ1n) is 25.7. The van der Waals surface area contributed by atoms with Crippen molar-refractivity contribution in [2.24, 2.45) is 0 Å². The molecule has 9 rings (SSSR count). The molecule has 212 valence electrons. The molecule has 0 bridgehead atoms. The molecule has 8 aromatic carbocycles. The normalized spacial score (nSPS) is 19.2. The van der Waals surface area contributed by atoms with Crippen LogP contribution in [0.5, 0.6) is 0 Å². The molecule has 9 aromatic rings. The van der Waals surface area contributed by atoms with Gasteiger partial charge in [0.05, 0.1) is 32.9 Å². The molecule has 0 saturated carbocycles. The van der Waals surface area contributed by atoms with Crippen LogP contribution >= 0.6 is 0 Å². The lowest BCUT2D eigenvalue weighted by atomic mass is 9.85. The van der Waals surface area contributed by atoms with E-state index in [1.807, 2.05) is 0 Å². The minimum Gasteiger partial charge on any atom is -0.456 e. The van der Waals surface area contributed by atoms with Crippen LogP contribution in [0.4, 0.5) is 0 Å². The Hall–Kier alpha value is -5.66. The molecule has 1 nitrogen and oxygen atoms in total. The molecule has 0 radical (unpaired) electrons. The number of benzene rings is 8. The third-order valence-electron chi connectivity index (χ3n) is 7.55. The first-order valence-corrected chi connectivity index (χ1v) is 13.7. The summed E-state index contributed by atoms with van der Waals surface area (Å²) in [6, 6.07) is -18.7. The number of aryl methyl sites for hydroxylation is 1. The van der Waals surface area contributed by atoms with E-state index in [0.717, 1.165) is 0 Å². The minimum absolute atomic E-state index is 0.0196. The average molecular weight is 599 g/mol. The van der Waals surface area contributed by atoms with Gasteiger partial charge in [-0.15, -0.1) is 0 Å². The number of hydrogen-bond donors (Lipinski definition) is 0. The highest BCUT2D eigenvalue weighted by molar-refractivity contribution is 6.22. The zero-order chi connectivity index (χ0) is 51.0. The molecular weight excluding hydrogens is 544 g/mol. The van der Waals surface area contributed by atoms with Crippen LogP contribution in [-0.2, 0) is 0 Å². The van der Waals surface area contributed by atoms with E-state index in [1.165, 1.54) is 13.8 Å². The van der Waals surface area contributed by atoms with Gasteiger partial charge in [-0.25, -0.2) is 0 Å². The van der Waals surface area contributed by atoms with Crippen molar-refractivity contribution >= 4 is 54.3 Å². The average Bonchev–Trinajstić information content (AvgIpc) is 3.73. The van der Waals surface area contributed by atoms with Crippen molar-refractivity contribution in [2.75, 3.05) is 0 Å². The second-order valence-electron chi connectivity index (χ2n) is 10.3. The summed E-state index contributed by atoms with van der Waals surface area (Å²) >= 11 is 0. The Morgan fingerprint density at radius 3 is 1.82 bits per heavy atom. The highest BCUT2D eigenvalue weighted by Gasteiger charge is 2.18.